The fourth-order valence-electron chi connectivity index (χ4n) is 1.53. The summed E-state index contributed by atoms with van der Waals surface area (Å²) < 4.78 is 0. The lowest BCUT2D eigenvalue weighted by Gasteiger charge is -2.27. The minimum Gasteiger partial charge on any atom is -0.295 e. The number of allylic oxidation sites excluding steroid dienone is 1. The van der Waals surface area contributed by atoms with Gasteiger partial charge in [-0.05, 0) is 18.8 Å². The molecule has 2 rings (SSSR count). The molecule has 2 heterocycles. The highest BCUT2D eigenvalue weighted by Gasteiger charge is 2.23. The first-order valence-corrected chi connectivity index (χ1v) is 3.82. The van der Waals surface area contributed by atoms with Crippen molar-refractivity contribution in [3.05, 3.63) is 12.3 Å². The molecule has 2 heteroatoms. The molecule has 0 aliphatic carbocycles. The van der Waals surface area contributed by atoms with Crippen molar-refractivity contribution in [3.63, 3.8) is 0 Å². The fraction of sp³-hybridized carbons (Fsp3) is 0.625. The van der Waals surface area contributed by atoms with E-state index >= 15 is 0 Å². The molecule has 0 N–H and O–H groups in total. The quantitative estimate of drug-likeness (QED) is 0.473. The van der Waals surface area contributed by atoms with E-state index in [4.69, 9.17) is 0 Å². The van der Waals surface area contributed by atoms with Crippen LogP contribution in [-0.2, 0) is 0 Å². The average molecular weight is 135 g/mol. The summed E-state index contributed by atoms with van der Waals surface area (Å²) in [6.45, 7) is 1.00. The Hall–Kier alpha value is -0.790. The summed E-state index contributed by atoms with van der Waals surface area (Å²) >= 11 is 0. The third kappa shape index (κ3) is 0.939. The summed E-state index contributed by atoms with van der Waals surface area (Å²) in [7, 11) is 0. The monoisotopic (exact) mass is 135 g/mol. The van der Waals surface area contributed by atoms with Crippen molar-refractivity contribution >= 4 is 6.21 Å². The first-order valence-electron chi connectivity index (χ1n) is 3.82. The van der Waals surface area contributed by atoms with E-state index in [2.05, 4.69) is 16.4 Å². The normalized spacial score (nSPS) is 36.8. The number of hydrogen-bond acceptors (Lipinski definition) is 1. The number of rotatable bonds is 0. The maximum atomic E-state index is 4.32. The van der Waals surface area contributed by atoms with E-state index in [9.17, 15) is 0 Å². The summed E-state index contributed by atoms with van der Waals surface area (Å²) in [6.07, 6.45) is 8.48. The van der Waals surface area contributed by atoms with Gasteiger partial charge in [-0.25, -0.2) is 0 Å². The van der Waals surface area contributed by atoms with Crippen LogP contribution in [0.25, 0.3) is 0 Å². The molecule has 2 nitrogen and oxygen atoms in total. The van der Waals surface area contributed by atoms with Crippen molar-refractivity contribution < 1.29 is 0 Å². The molecule has 0 amide bonds. The highest BCUT2D eigenvalue weighted by Crippen LogP contribution is 2.20. The van der Waals surface area contributed by atoms with Gasteiger partial charge in [0.1, 0.15) is 0 Å². The van der Waals surface area contributed by atoms with Gasteiger partial charge in [0, 0.05) is 19.0 Å². The molecule has 53 valence electrons. The van der Waals surface area contributed by atoms with Crippen LogP contribution in [0.5, 0.6) is 0 Å². The largest absolute Gasteiger partial charge is 0.295 e. The second-order valence-corrected chi connectivity index (χ2v) is 2.86. The van der Waals surface area contributed by atoms with E-state index in [-0.39, 0.29) is 0 Å². The lowest BCUT2D eigenvalue weighted by molar-refractivity contribution is 0.404. The Bertz CT molecular complexity index is 172. The van der Waals surface area contributed by atoms with Gasteiger partial charge >= 0.3 is 0 Å². The number of hydrogen-bond donors (Lipinski definition) is 0. The summed E-state index contributed by atoms with van der Waals surface area (Å²) in [5.41, 5.74) is 0. The van der Waals surface area contributed by atoms with Crippen LogP contribution in [-0.4, -0.2) is 18.8 Å². The van der Waals surface area contributed by atoms with Crippen LogP contribution in [0.4, 0.5) is 0 Å². The van der Waals surface area contributed by atoms with E-state index in [1.165, 1.54) is 12.8 Å². The van der Waals surface area contributed by atoms with Gasteiger partial charge in [0.15, 0.2) is 0 Å². The summed E-state index contributed by atoms with van der Waals surface area (Å²) in [6, 6.07) is 0.402. The van der Waals surface area contributed by atoms with Crippen LogP contribution in [0.3, 0.4) is 0 Å². The molecule has 0 fully saturated rings. The smallest absolute Gasteiger partial charge is 0.0877 e. The van der Waals surface area contributed by atoms with Gasteiger partial charge in [-0.1, -0.05) is 6.08 Å². The number of aliphatic imine (C=N–C) groups is 1. The summed E-state index contributed by atoms with van der Waals surface area (Å²) in [5, 5.41) is 4.32. The SMILES string of the molecule is C1=C[N]C2C=NCCC2C1. The van der Waals surface area contributed by atoms with E-state index in [1.54, 1.807) is 0 Å². The zero-order chi connectivity index (χ0) is 6.81. The highest BCUT2D eigenvalue weighted by atomic mass is 14.9. The first-order chi connectivity index (χ1) is 4.97. The standard InChI is InChI=1S/C8H11N2/c1-2-7-3-5-9-6-8(7)10-4-1/h1,4,6-8H,2-3,5H2. The van der Waals surface area contributed by atoms with E-state index in [1.807, 2.05) is 12.4 Å². The van der Waals surface area contributed by atoms with Crippen LogP contribution in [0.1, 0.15) is 12.8 Å². The molecule has 2 aliphatic heterocycles. The van der Waals surface area contributed by atoms with Crippen molar-refractivity contribution in [1.29, 1.82) is 0 Å². The molecule has 0 aromatic carbocycles. The maximum absolute atomic E-state index is 4.32. The van der Waals surface area contributed by atoms with E-state index < -0.39 is 0 Å². The van der Waals surface area contributed by atoms with Gasteiger partial charge in [-0.15, -0.1) is 0 Å². The van der Waals surface area contributed by atoms with Crippen LogP contribution >= 0.6 is 0 Å². The molecule has 0 spiro atoms. The van der Waals surface area contributed by atoms with Gasteiger partial charge in [-0.3, -0.25) is 10.3 Å². The van der Waals surface area contributed by atoms with Crippen LogP contribution in [0.2, 0.25) is 0 Å². The topological polar surface area (TPSA) is 26.5 Å². The van der Waals surface area contributed by atoms with Gasteiger partial charge in [0.25, 0.3) is 0 Å². The third-order valence-corrected chi connectivity index (χ3v) is 2.17. The molecule has 2 aliphatic rings. The molecular formula is C8H11N2. The zero-order valence-corrected chi connectivity index (χ0v) is 5.90. The van der Waals surface area contributed by atoms with Gasteiger partial charge in [0.2, 0.25) is 0 Å². The molecule has 0 saturated carbocycles. The van der Waals surface area contributed by atoms with Crippen molar-refractivity contribution in [1.82, 2.24) is 5.32 Å². The number of nitrogens with zero attached hydrogens (tertiary/aromatic N) is 2. The Kier molecular flexibility index (Phi) is 1.46. The average Bonchev–Trinajstić information content (AvgIpc) is 2.05. The van der Waals surface area contributed by atoms with Crippen molar-refractivity contribution in [2.75, 3.05) is 6.54 Å². The van der Waals surface area contributed by atoms with Crippen LogP contribution in [0.15, 0.2) is 17.3 Å². The van der Waals surface area contributed by atoms with Crippen molar-refractivity contribution in [3.8, 4) is 0 Å². The zero-order valence-electron chi connectivity index (χ0n) is 5.90. The lowest BCUT2D eigenvalue weighted by Crippen LogP contribution is -2.35. The minimum absolute atomic E-state index is 0.402. The molecule has 0 aromatic rings. The number of fused-ring (bicyclic) bond motifs is 1. The van der Waals surface area contributed by atoms with Gasteiger partial charge in [0.05, 0.1) is 6.04 Å². The molecule has 10 heavy (non-hydrogen) atoms. The predicted molar refractivity (Wildman–Crippen MR) is 41.1 cm³/mol. The summed E-state index contributed by atoms with van der Waals surface area (Å²) in [5.74, 6) is 0.752. The second kappa shape index (κ2) is 2.45. The molecule has 1 radical (unpaired) electrons. The highest BCUT2D eigenvalue weighted by molar-refractivity contribution is 5.66. The first kappa shape index (κ1) is 5.96. The van der Waals surface area contributed by atoms with Gasteiger partial charge < -0.3 is 0 Å². The Morgan fingerprint density at radius 1 is 1.40 bits per heavy atom. The maximum Gasteiger partial charge on any atom is 0.0877 e. The molecule has 0 aromatic heterocycles. The summed E-state index contributed by atoms with van der Waals surface area (Å²) in [4.78, 5) is 4.21. The molecule has 2 unspecified atom stereocenters. The van der Waals surface area contributed by atoms with Crippen LogP contribution in [0, 0.1) is 5.92 Å². The molecule has 2 atom stereocenters. The lowest BCUT2D eigenvalue weighted by atomic mass is 9.90. The molecular weight excluding hydrogens is 124 g/mol. The van der Waals surface area contributed by atoms with E-state index in [0.29, 0.717) is 6.04 Å². The minimum atomic E-state index is 0.402. The predicted octanol–water partition coefficient (Wildman–Crippen LogP) is 0.967. The second-order valence-electron chi connectivity index (χ2n) is 2.86. The van der Waals surface area contributed by atoms with E-state index in [0.717, 1.165) is 12.5 Å². The Balaban J connectivity index is 2.12. The van der Waals surface area contributed by atoms with Crippen LogP contribution < -0.4 is 5.32 Å². The van der Waals surface area contributed by atoms with Gasteiger partial charge in [-0.2, -0.15) is 0 Å². The van der Waals surface area contributed by atoms with Crippen molar-refractivity contribution in [2.24, 2.45) is 10.9 Å². The molecule has 0 bridgehead atoms. The Labute approximate surface area is 61.0 Å². The fourth-order valence-corrected chi connectivity index (χ4v) is 1.53. The molecule has 0 saturated heterocycles. The Morgan fingerprint density at radius 2 is 2.40 bits per heavy atom. The Morgan fingerprint density at radius 3 is 3.30 bits per heavy atom. The van der Waals surface area contributed by atoms with Crippen molar-refractivity contribution in [2.45, 2.75) is 18.9 Å². The third-order valence-electron chi connectivity index (χ3n) is 2.17.